The second kappa shape index (κ2) is 9.26. The van der Waals surface area contributed by atoms with E-state index in [0.717, 1.165) is 61.2 Å². The summed E-state index contributed by atoms with van der Waals surface area (Å²) in [6.07, 6.45) is 3.34. The van der Waals surface area contributed by atoms with Crippen LogP contribution in [0.2, 0.25) is 0 Å². The molecule has 0 bridgehead atoms. The number of nitrogens with zero attached hydrogens (tertiary/aromatic N) is 2. The van der Waals surface area contributed by atoms with Crippen LogP contribution >= 0.6 is 0 Å². The van der Waals surface area contributed by atoms with E-state index in [9.17, 15) is 4.79 Å². The normalized spacial score (nSPS) is 15.4. The first kappa shape index (κ1) is 20.4. The third-order valence-electron chi connectivity index (χ3n) is 5.94. The highest BCUT2D eigenvalue weighted by Gasteiger charge is 2.19. The Hall–Kier alpha value is -2.92. The fourth-order valence-electron chi connectivity index (χ4n) is 4.24. The van der Waals surface area contributed by atoms with Gasteiger partial charge in [-0.25, -0.2) is 0 Å². The van der Waals surface area contributed by atoms with Crippen molar-refractivity contribution in [3.63, 3.8) is 0 Å². The molecular formula is C25H29N3O2. The third-order valence-corrected chi connectivity index (χ3v) is 5.94. The maximum atomic E-state index is 11.4. The second-order valence-electron chi connectivity index (χ2n) is 8.18. The summed E-state index contributed by atoms with van der Waals surface area (Å²) in [6, 6.07) is 17.9. The summed E-state index contributed by atoms with van der Waals surface area (Å²) in [5.74, 6) is 1.20. The van der Waals surface area contributed by atoms with Crippen LogP contribution in [0.4, 0.5) is 0 Å². The SMILES string of the molecule is Cc1ccc2c(OCCN3CCC(Cc4cccc(C(N)=O)c4)CC3)cccc2n1. The van der Waals surface area contributed by atoms with Gasteiger partial charge in [-0.05, 0) is 87.2 Å². The number of primary amides is 1. The Morgan fingerprint density at radius 2 is 1.93 bits per heavy atom. The number of ether oxygens (including phenoxy) is 1. The molecule has 1 amide bonds. The van der Waals surface area contributed by atoms with Crippen molar-refractivity contribution in [2.75, 3.05) is 26.2 Å². The number of fused-ring (bicyclic) bond motifs is 1. The number of likely N-dealkylation sites (tertiary alicyclic amines) is 1. The smallest absolute Gasteiger partial charge is 0.248 e. The van der Waals surface area contributed by atoms with Gasteiger partial charge in [-0.15, -0.1) is 0 Å². The molecular weight excluding hydrogens is 374 g/mol. The number of rotatable bonds is 7. The molecule has 2 N–H and O–H groups in total. The molecule has 1 aliphatic heterocycles. The van der Waals surface area contributed by atoms with Gasteiger partial charge < -0.3 is 10.5 Å². The highest BCUT2D eigenvalue weighted by atomic mass is 16.5. The van der Waals surface area contributed by atoms with Gasteiger partial charge >= 0.3 is 0 Å². The Balaban J connectivity index is 1.25. The van der Waals surface area contributed by atoms with Crippen LogP contribution in [0.3, 0.4) is 0 Å². The molecule has 0 atom stereocenters. The van der Waals surface area contributed by atoms with Crippen LogP contribution in [0, 0.1) is 12.8 Å². The summed E-state index contributed by atoms with van der Waals surface area (Å²) in [7, 11) is 0. The van der Waals surface area contributed by atoms with E-state index in [4.69, 9.17) is 10.5 Å². The first-order chi connectivity index (χ1) is 14.6. The number of aryl methyl sites for hydroxylation is 1. The molecule has 156 valence electrons. The van der Waals surface area contributed by atoms with Gasteiger partial charge in [0, 0.05) is 23.2 Å². The van der Waals surface area contributed by atoms with E-state index in [1.165, 1.54) is 5.56 Å². The molecule has 0 aliphatic carbocycles. The average molecular weight is 404 g/mol. The topological polar surface area (TPSA) is 68.5 Å². The van der Waals surface area contributed by atoms with Crippen molar-refractivity contribution in [3.8, 4) is 5.75 Å². The average Bonchev–Trinajstić information content (AvgIpc) is 2.75. The van der Waals surface area contributed by atoms with E-state index >= 15 is 0 Å². The lowest BCUT2D eigenvalue weighted by atomic mass is 9.89. The molecule has 0 saturated carbocycles. The molecule has 0 spiro atoms. The molecule has 0 radical (unpaired) electrons. The van der Waals surface area contributed by atoms with Gasteiger partial charge in [0.25, 0.3) is 0 Å². The van der Waals surface area contributed by atoms with Gasteiger partial charge in [-0.3, -0.25) is 14.7 Å². The zero-order valence-electron chi connectivity index (χ0n) is 17.5. The van der Waals surface area contributed by atoms with Gasteiger partial charge in [-0.2, -0.15) is 0 Å². The number of benzene rings is 2. The van der Waals surface area contributed by atoms with Crippen LogP contribution in [0.5, 0.6) is 5.75 Å². The molecule has 30 heavy (non-hydrogen) atoms. The number of hydrogen-bond acceptors (Lipinski definition) is 4. The maximum Gasteiger partial charge on any atom is 0.248 e. The standard InChI is InChI=1S/C25H29N3O2/c1-18-8-9-22-23(27-18)6-3-7-24(22)30-15-14-28-12-10-19(11-13-28)16-20-4-2-5-21(17-20)25(26)29/h2-9,17,19H,10-16H2,1H3,(H2,26,29). The van der Waals surface area contributed by atoms with E-state index in [-0.39, 0.29) is 5.91 Å². The quantitative estimate of drug-likeness (QED) is 0.648. The van der Waals surface area contributed by atoms with E-state index in [1.807, 2.05) is 43.3 Å². The Labute approximate surface area is 177 Å². The van der Waals surface area contributed by atoms with Gasteiger partial charge in [-0.1, -0.05) is 18.2 Å². The third kappa shape index (κ3) is 4.97. The zero-order chi connectivity index (χ0) is 20.9. The first-order valence-corrected chi connectivity index (χ1v) is 10.7. The van der Waals surface area contributed by atoms with Crippen LogP contribution in [-0.4, -0.2) is 42.0 Å². The molecule has 1 aromatic heterocycles. The molecule has 2 aromatic carbocycles. The number of pyridine rings is 1. The molecule has 2 heterocycles. The van der Waals surface area contributed by atoms with Crippen molar-refractivity contribution in [2.24, 2.45) is 11.7 Å². The summed E-state index contributed by atoms with van der Waals surface area (Å²) in [4.78, 5) is 18.4. The number of aromatic nitrogens is 1. The minimum absolute atomic E-state index is 0.358. The van der Waals surface area contributed by atoms with Crippen molar-refractivity contribution >= 4 is 16.8 Å². The van der Waals surface area contributed by atoms with Crippen molar-refractivity contribution < 1.29 is 9.53 Å². The van der Waals surface area contributed by atoms with Crippen LogP contribution in [0.1, 0.15) is 34.5 Å². The van der Waals surface area contributed by atoms with Gasteiger partial charge in [0.05, 0.1) is 5.52 Å². The largest absolute Gasteiger partial charge is 0.492 e. The number of amides is 1. The number of piperidine rings is 1. The summed E-state index contributed by atoms with van der Waals surface area (Å²) < 4.78 is 6.09. The van der Waals surface area contributed by atoms with Crippen molar-refractivity contribution in [1.82, 2.24) is 9.88 Å². The van der Waals surface area contributed by atoms with Crippen molar-refractivity contribution in [1.29, 1.82) is 0 Å². The predicted octanol–water partition coefficient (Wildman–Crippen LogP) is 3.98. The number of carbonyl (C=O) groups excluding carboxylic acids is 1. The van der Waals surface area contributed by atoms with Crippen LogP contribution < -0.4 is 10.5 Å². The Kier molecular flexibility index (Phi) is 6.29. The van der Waals surface area contributed by atoms with Gasteiger partial charge in [0.1, 0.15) is 12.4 Å². The highest BCUT2D eigenvalue weighted by Crippen LogP contribution is 2.25. The molecule has 4 rings (SSSR count). The molecule has 1 aliphatic rings. The molecule has 5 heteroatoms. The molecule has 1 saturated heterocycles. The summed E-state index contributed by atoms with van der Waals surface area (Å²) in [5, 5.41) is 1.07. The van der Waals surface area contributed by atoms with Crippen LogP contribution in [0.25, 0.3) is 10.9 Å². The molecule has 5 nitrogen and oxygen atoms in total. The lowest BCUT2D eigenvalue weighted by Gasteiger charge is -2.32. The van der Waals surface area contributed by atoms with E-state index in [0.29, 0.717) is 18.1 Å². The second-order valence-corrected chi connectivity index (χ2v) is 8.18. The Bertz CT molecular complexity index is 1030. The Morgan fingerprint density at radius 1 is 1.13 bits per heavy atom. The van der Waals surface area contributed by atoms with Gasteiger partial charge in [0.2, 0.25) is 5.91 Å². The van der Waals surface area contributed by atoms with E-state index in [2.05, 4.69) is 22.0 Å². The number of nitrogens with two attached hydrogens (primary N) is 1. The number of carbonyl (C=O) groups is 1. The van der Waals surface area contributed by atoms with Gasteiger partial charge in [0.15, 0.2) is 0 Å². The maximum absolute atomic E-state index is 11.4. The fourth-order valence-corrected chi connectivity index (χ4v) is 4.24. The minimum atomic E-state index is -0.358. The first-order valence-electron chi connectivity index (χ1n) is 10.7. The molecule has 1 fully saturated rings. The summed E-state index contributed by atoms with van der Waals surface area (Å²) in [5.41, 5.74) is 9.20. The lowest BCUT2D eigenvalue weighted by Crippen LogP contribution is -2.37. The predicted molar refractivity (Wildman–Crippen MR) is 120 cm³/mol. The van der Waals surface area contributed by atoms with Crippen molar-refractivity contribution in [2.45, 2.75) is 26.2 Å². The molecule has 0 unspecified atom stereocenters. The summed E-state index contributed by atoms with van der Waals surface area (Å²) >= 11 is 0. The number of hydrogen-bond donors (Lipinski definition) is 1. The van der Waals surface area contributed by atoms with Crippen LogP contribution in [-0.2, 0) is 6.42 Å². The van der Waals surface area contributed by atoms with Crippen LogP contribution in [0.15, 0.2) is 54.6 Å². The minimum Gasteiger partial charge on any atom is -0.492 e. The summed E-state index contributed by atoms with van der Waals surface area (Å²) in [6.45, 7) is 5.78. The molecule has 3 aromatic rings. The fraction of sp³-hybridized carbons (Fsp3) is 0.360. The van der Waals surface area contributed by atoms with E-state index in [1.54, 1.807) is 6.07 Å². The zero-order valence-corrected chi connectivity index (χ0v) is 17.5. The Morgan fingerprint density at radius 3 is 2.73 bits per heavy atom. The van der Waals surface area contributed by atoms with Crippen molar-refractivity contribution in [3.05, 3.63) is 71.4 Å². The highest BCUT2D eigenvalue weighted by molar-refractivity contribution is 5.92. The van der Waals surface area contributed by atoms with E-state index < -0.39 is 0 Å². The lowest BCUT2D eigenvalue weighted by molar-refractivity contribution is 0.1000. The monoisotopic (exact) mass is 403 g/mol.